The Morgan fingerprint density at radius 3 is 2.78 bits per heavy atom. The Bertz CT molecular complexity index is 940. The van der Waals surface area contributed by atoms with Crippen LogP contribution in [-0.2, 0) is 14.8 Å². The van der Waals surface area contributed by atoms with Crippen LogP contribution in [0.1, 0.15) is 28.8 Å². The molecule has 1 atom stereocenters. The van der Waals surface area contributed by atoms with Crippen LogP contribution in [0.25, 0.3) is 0 Å². The largest absolute Gasteiger partial charge is 0.377 e. The van der Waals surface area contributed by atoms with Crippen molar-refractivity contribution in [3.05, 3.63) is 58.6 Å². The highest BCUT2D eigenvalue weighted by Gasteiger charge is 2.23. The van der Waals surface area contributed by atoms with Gasteiger partial charge in [-0.2, -0.15) is 0 Å². The lowest BCUT2D eigenvalue weighted by atomic mass is 10.2. The number of ether oxygens (including phenoxy) is 1. The molecule has 0 saturated carbocycles. The van der Waals surface area contributed by atoms with Crippen LogP contribution < -0.4 is 10.0 Å². The molecule has 0 aliphatic carbocycles. The van der Waals surface area contributed by atoms with Crippen molar-refractivity contribution in [2.45, 2.75) is 30.8 Å². The summed E-state index contributed by atoms with van der Waals surface area (Å²) in [5, 5.41) is 2.81. The highest BCUT2D eigenvalue weighted by molar-refractivity contribution is 7.89. The first kappa shape index (κ1) is 19.8. The Balaban J connectivity index is 1.77. The Morgan fingerprint density at radius 1 is 1.26 bits per heavy atom. The molecule has 1 aliphatic rings. The van der Waals surface area contributed by atoms with Gasteiger partial charge in [-0.15, -0.1) is 0 Å². The number of halogens is 1. The predicted molar refractivity (Wildman–Crippen MR) is 105 cm³/mol. The van der Waals surface area contributed by atoms with Gasteiger partial charge in [-0.1, -0.05) is 23.7 Å². The number of sulfonamides is 1. The van der Waals surface area contributed by atoms with Crippen molar-refractivity contribution in [2.24, 2.45) is 0 Å². The molecule has 1 unspecified atom stereocenters. The summed E-state index contributed by atoms with van der Waals surface area (Å²) in [7, 11) is -3.86. The van der Waals surface area contributed by atoms with E-state index in [1.54, 1.807) is 6.07 Å². The van der Waals surface area contributed by atoms with Crippen LogP contribution in [0.3, 0.4) is 0 Å². The van der Waals surface area contributed by atoms with Gasteiger partial charge >= 0.3 is 0 Å². The molecule has 6 nitrogen and oxygen atoms in total. The van der Waals surface area contributed by atoms with Crippen molar-refractivity contribution in [3.63, 3.8) is 0 Å². The number of anilines is 1. The molecule has 1 aliphatic heterocycles. The fraction of sp³-hybridized carbons (Fsp3) is 0.316. The lowest BCUT2D eigenvalue weighted by Crippen LogP contribution is -2.32. The average molecular weight is 409 g/mol. The van der Waals surface area contributed by atoms with Crippen molar-refractivity contribution in [1.82, 2.24) is 4.72 Å². The molecule has 8 heteroatoms. The van der Waals surface area contributed by atoms with Gasteiger partial charge in [0.1, 0.15) is 4.90 Å². The standard InChI is InChI=1S/C19H21ClN2O4S/c1-13-4-2-5-15(10-13)22-19(23)14-7-8-17(20)18(11-14)27(24,25)21-12-16-6-3-9-26-16/h2,4-5,7-8,10-11,16,21H,3,6,9,12H2,1H3,(H,22,23). The van der Waals surface area contributed by atoms with E-state index < -0.39 is 15.9 Å². The normalized spacial score (nSPS) is 17.0. The van der Waals surface area contributed by atoms with E-state index in [0.717, 1.165) is 18.4 Å². The fourth-order valence-electron chi connectivity index (χ4n) is 2.86. The molecule has 1 amide bonds. The summed E-state index contributed by atoms with van der Waals surface area (Å²) in [5.41, 5.74) is 1.85. The maximum atomic E-state index is 12.6. The van der Waals surface area contributed by atoms with Crippen LogP contribution in [-0.4, -0.2) is 33.6 Å². The summed E-state index contributed by atoms with van der Waals surface area (Å²) in [6, 6.07) is 11.5. The first-order valence-corrected chi connectivity index (χ1v) is 10.5. The van der Waals surface area contributed by atoms with E-state index in [4.69, 9.17) is 16.3 Å². The van der Waals surface area contributed by atoms with Crippen LogP contribution in [0, 0.1) is 6.92 Å². The van der Waals surface area contributed by atoms with E-state index in [0.29, 0.717) is 12.3 Å². The summed E-state index contributed by atoms with van der Waals surface area (Å²) in [5.74, 6) is -0.409. The molecule has 0 bridgehead atoms. The third-order valence-corrected chi connectivity index (χ3v) is 6.19. The number of carbonyl (C=O) groups is 1. The third kappa shape index (κ3) is 5.07. The highest BCUT2D eigenvalue weighted by Crippen LogP contribution is 2.24. The zero-order valence-corrected chi connectivity index (χ0v) is 16.4. The second-order valence-electron chi connectivity index (χ2n) is 6.46. The molecule has 2 N–H and O–H groups in total. The Hall–Kier alpha value is -1.93. The first-order valence-electron chi connectivity index (χ1n) is 8.64. The van der Waals surface area contributed by atoms with Crippen LogP contribution >= 0.6 is 11.6 Å². The second-order valence-corrected chi connectivity index (χ2v) is 8.60. The summed E-state index contributed by atoms with van der Waals surface area (Å²) in [6.07, 6.45) is 1.60. The summed E-state index contributed by atoms with van der Waals surface area (Å²) in [6.45, 7) is 2.74. The van der Waals surface area contributed by atoms with Crippen molar-refractivity contribution >= 4 is 33.2 Å². The molecule has 2 aromatic carbocycles. The minimum absolute atomic E-state index is 0.0574. The molecular weight excluding hydrogens is 388 g/mol. The van der Waals surface area contributed by atoms with Crippen molar-refractivity contribution in [1.29, 1.82) is 0 Å². The topological polar surface area (TPSA) is 84.5 Å². The first-order chi connectivity index (χ1) is 12.8. The number of amides is 1. The molecule has 0 spiro atoms. The lowest BCUT2D eigenvalue weighted by molar-refractivity contribution is 0.102. The predicted octanol–water partition coefficient (Wildman–Crippen LogP) is 3.36. The van der Waals surface area contributed by atoms with Gasteiger partial charge in [0.15, 0.2) is 0 Å². The molecule has 0 radical (unpaired) electrons. The van der Waals surface area contributed by atoms with Gasteiger partial charge in [-0.25, -0.2) is 13.1 Å². The Labute approximate surface area is 163 Å². The number of aryl methyl sites for hydroxylation is 1. The van der Waals surface area contributed by atoms with Gasteiger partial charge in [-0.3, -0.25) is 4.79 Å². The number of benzene rings is 2. The van der Waals surface area contributed by atoms with Gasteiger partial charge < -0.3 is 10.1 Å². The van der Waals surface area contributed by atoms with E-state index in [-0.39, 0.29) is 28.1 Å². The maximum absolute atomic E-state index is 12.6. The van der Waals surface area contributed by atoms with E-state index in [1.165, 1.54) is 18.2 Å². The van der Waals surface area contributed by atoms with Crippen LogP contribution in [0.2, 0.25) is 5.02 Å². The average Bonchev–Trinajstić information content (AvgIpc) is 3.14. The third-order valence-electron chi connectivity index (χ3n) is 4.28. The molecule has 1 saturated heterocycles. The molecule has 27 heavy (non-hydrogen) atoms. The Morgan fingerprint density at radius 2 is 2.07 bits per heavy atom. The van der Waals surface area contributed by atoms with Crippen molar-refractivity contribution in [2.75, 3.05) is 18.5 Å². The van der Waals surface area contributed by atoms with Gasteiger partial charge in [0, 0.05) is 24.4 Å². The van der Waals surface area contributed by atoms with Crippen molar-refractivity contribution in [3.8, 4) is 0 Å². The van der Waals surface area contributed by atoms with Gasteiger partial charge in [-0.05, 0) is 55.7 Å². The molecule has 1 fully saturated rings. The lowest BCUT2D eigenvalue weighted by Gasteiger charge is -2.13. The quantitative estimate of drug-likeness (QED) is 0.767. The molecule has 3 rings (SSSR count). The smallest absolute Gasteiger partial charge is 0.255 e. The van der Waals surface area contributed by atoms with Gasteiger partial charge in [0.2, 0.25) is 10.0 Å². The number of hydrogen-bond acceptors (Lipinski definition) is 4. The van der Waals surface area contributed by atoms with Gasteiger partial charge in [0.05, 0.1) is 11.1 Å². The van der Waals surface area contributed by atoms with Crippen LogP contribution in [0.4, 0.5) is 5.69 Å². The van der Waals surface area contributed by atoms with E-state index in [1.807, 2.05) is 25.1 Å². The molecule has 0 aromatic heterocycles. The van der Waals surface area contributed by atoms with Gasteiger partial charge in [0.25, 0.3) is 5.91 Å². The number of hydrogen-bond donors (Lipinski definition) is 2. The number of carbonyl (C=O) groups excluding carboxylic acids is 1. The molecule has 1 heterocycles. The van der Waals surface area contributed by atoms with Crippen LogP contribution in [0.5, 0.6) is 0 Å². The van der Waals surface area contributed by atoms with E-state index in [2.05, 4.69) is 10.0 Å². The molecular formula is C19H21ClN2O4S. The number of rotatable bonds is 6. The summed E-state index contributed by atoms with van der Waals surface area (Å²) < 4.78 is 33.2. The number of nitrogens with one attached hydrogen (secondary N) is 2. The molecule has 2 aromatic rings. The second kappa shape index (κ2) is 8.39. The Kier molecular flexibility index (Phi) is 6.16. The zero-order valence-electron chi connectivity index (χ0n) is 14.9. The zero-order chi connectivity index (χ0) is 19.4. The maximum Gasteiger partial charge on any atom is 0.255 e. The van der Waals surface area contributed by atoms with E-state index in [9.17, 15) is 13.2 Å². The minimum atomic E-state index is -3.86. The monoisotopic (exact) mass is 408 g/mol. The molecule has 144 valence electrons. The minimum Gasteiger partial charge on any atom is -0.377 e. The fourth-order valence-corrected chi connectivity index (χ4v) is 4.45. The van der Waals surface area contributed by atoms with E-state index >= 15 is 0 Å². The van der Waals surface area contributed by atoms with Crippen molar-refractivity contribution < 1.29 is 17.9 Å². The SMILES string of the molecule is Cc1cccc(NC(=O)c2ccc(Cl)c(S(=O)(=O)NCC3CCCO3)c2)c1. The summed E-state index contributed by atoms with van der Waals surface area (Å²) >= 11 is 6.08. The van der Waals surface area contributed by atoms with Crippen LogP contribution in [0.15, 0.2) is 47.4 Å². The summed E-state index contributed by atoms with van der Waals surface area (Å²) in [4.78, 5) is 12.4. The highest BCUT2D eigenvalue weighted by atomic mass is 35.5.